The second kappa shape index (κ2) is 9.59. The average molecular weight is 440 g/mol. The van der Waals surface area contributed by atoms with Crippen LogP contribution in [-0.4, -0.2) is 24.5 Å². The molecule has 0 saturated heterocycles. The van der Waals surface area contributed by atoms with Crippen LogP contribution in [0.25, 0.3) is 0 Å². The minimum atomic E-state index is -0.344. The predicted octanol–water partition coefficient (Wildman–Crippen LogP) is 4.65. The van der Waals surface area contributed by atoms with E-state index >= 15 is 0 Å². The lowest BCUT2D eigenvalue weighted by atomic mass is 10.1. The molecule has 0 bridgehead atoms. The first-order chi connectivity index (χ1) is 12.4. The topological polar surface area (TPSA) is 67.4 Å². The van der Waals surface area contributed by atoms with Crippen molar-refractivity contribution in [2.45, 2.75) is 26.3 Å². The van der Waals surface area contributed by atoms with Gasteiger partial charge in [-0.2, -0.15) is 0 Å². The molecule has 7 heteroatoms. The molecule has 2 aromatic rings. The van der Waals surface area contributed by atoms with E-state index in [9.17, 15) is 9.59 Å². The minimum absolute atomic E-state index is 0.0878. The molecule has 0 aliphatic carbocycles. The second-order valence-electron chi connectivity index (χ2n) is 5.78. The van der Waals surface area contributed by atoms with Crippen molar-refractivity contribution < 1.29 is 14.3 Å². The molecular weight excluding hydrogens is 420 g/mol. The summed E-state index contributed by atoms with van der Waals surface area (Å²) in [5.74, 6) is -0.0940. The Labute approximate surface area is 166 Å². The molecule has 26 heavy (non-hydrogen) atoms. The largest absolute Gasteiger partial charge is 0.482 e. The second-order valence-corrected chi connectivity index (χ2v) is 7.10. The summed E-state index contributed by atoms with van der Waals surface area (Å²) < 4.78 is 6.25. The van der Waals surface area contributed by atoms with Crippen molar-refractivity contribution in [2.24, 2.45) is 0 Å². The highest BCUT2D eigenvalue weighted by Gasteiger charge is 2.11. The van der Waals surface area contributed by atoms with Crippen molar-refractivity contribution in [1.82, 2.24) is 5.32 Å². The van der Waals surface area contributed by atoms with Gasteiger partial charge in [-0.1, -0.05) is 40.5 Å². The van der Waals surface area contributed by atoms with E-state index < -0.39 is 0 Å². The standard InChI is InChI=1S/C19H20BrClN2O3/c1-3-12(2)22-19(25)13-5-4-6-15(9-13)23-18(24)11-26-17-8-7-14(20)10-16(17)21/h4-10,12H,3,11H2,1-2H3,(H,22,25)(H,23,24). The summed E-state index contributed by atoms with van der Waals surface area (Å²) in [6.07, 6.45) is 0.845. The molecule has 0 heterocycles. The summed E-state index contributed by atoms with van der Waals surface area (Å²) in [7, 11) is 0. The number of amides is 2. The van der Waals surface area contributed by atoms with Crippen molar-refractivity contribution in [3.63, 3.8) is 0 Å². The van der Waals surface area contributed by atoms with Gasteiger partial charge in [-0.3, -0.25) is 9.59 Å². The Kier molecular flexibility index (Phi) is 7.48. The molecule has 1 atom stereocenters. The highest BCUT2D eigenvalue weighted by Crippen LogP contribution is 2.27. The lowest BCUT2D eigenvalue weighted by molar-refractivity contribution is -0.118. The number of benzene rings is 2. The lowest BCUT2D eigenvalue weighted by Gasteiger charge is -2.12. The Morgan fingerprint density at radius 3 is 2.69 bits per heavy atom. The number of nitrogens with one attached hydrogen (secondary N) is 2. The first-order valence-corrected chi connectivity index (χ1v) is 9.34. The van der Waals surface area contributed by atoms with Crippen LogP contribution in [0, 0.1) is 0 Å². The van der Waals surface area contributed by atoms with Gasteiger partial charge < -0.3 is 15.4 Å². The third-order valence-corrected chi connectivity index (χ3v) is 4.44. The van der Waals surface area contributed by atoms with Crippen molar-refractivity contribution in [3.8, 4) is 5.75 Å². The van der Waals surface area contributed by atoms with E-state index in [1.54, 1.807) is 42.5 Å². The quantitative estimate of drug-likeness (QED) is 0.660. The minimum Gasteiger partial charge on any atom is -0.482 e. The molecule has 0 aromatic heterocycles. The fraction of sp³-hybridized carbons (Fsp3) is 0.263. The first kappa shape index (κ1) is 20.3. The van der Waals surface area contributed by atoms with E-state index in [1.807, 2.05) is 13.8 Å². The van der Waals surface area contributed by atoms with Gasteiger partial charge in [0.2, 0.25) is 0 Å². The maximum atomic E-state index is 12.2. The number of carbonyl (C=O) groups excluding carboxylic acids is 2. The summed E-state index contributed by atoms with van der Waals surface area (Å²) in [5, 5.41) is 6.01. The highest BCUT2D eigenvalue weighted by atomic mass is 79.9. The summed E-state index contributed by atoms with van der Waals surface area (Å²) in [4.78, 5) is 24.2. The van der Waals surface area contributed by atoms with Crippen LogP contribution < -0.4 is 15.4 Å². The van der Waals surface area contributed by atoms with Crippen LogP contribution in [0.3, 0.4) is 0 Å². The van der Waals surface area contributed by atoms with Crippen LogP contribution >= 0.6 is 27.5 Å². The number of halogens is 2. The van der Waals surface area contributed by atoms with Gasteiger partial charge in [-0.05, 0) is 49.7 Å². The van der Waals surface area contributed by atoms with Crippen LogP contribution in [0.15, 0.2) is 46.9 Å². The SMILES string of the molecule is CCC(C)NC(=O)c1cccc(NC(=O)COc2ccc(Br)cc2Cl)c1. The molecule has 2 aromatic carbocycles. The van der Waals surface area contributed by atoms with E-state index in [2.05, 4.69) is 26.6 Å². The summed E-state index contributed by atoms with van der Waals surface area (Å²) in [6, 6.07) is 12.0. The zero-order valence-electron chi connectivity index (χ0n) is 14.5. The van der Waals surface area contributed by atoms with E-state index in [0.29, 0.717) is 22.0 Å². The molecule has 0 spiro atoms. The van der Waals surface area contributed by atoms with E-state index in [1.165, 1.54) is 0 Å². The Balaban J connectivity index is 1.94. The van der Waals surface area contributed by atoms with Crippen LogP contribution in [0.4, 0.5) is 5.69 Å². The van der Waals surface area contributed by atoms with Crippen molar-refractivity contribution in [3.05, 3.63) is 57.5 Å². The van der Waals surface area contributed by atoms with Crippen LogP contribution in [0.5, 0.6) is 5.75 Å². The van der Waals surface area contributed by atoms with Gasteiger partial charge >= 0.3 is 0 Å². The van der Waals surface area contributed by atoms with Crippen molar-refractivity contribution in [2.75, 3.05) is 11.9 Å². The Morgan fingerprint density at radius 2 is 2.00 bits per heavy atom. The third kappa shape index (κ3) is 6.04. The van der Waals surface area contributed by atoms with Gasteiger partial charge in [-0.15, -0.1) is 0 Å². The smallest absolute Gasteiger partial charge is 0.262 e. The molecule has 2 rings (SSSR count). The molecule has 5 nitrogen and oxygen atoms in total. The van der Waals surface area contributed by atoms with Crippen molar-refractivity contribution in [1.29, 1.82) is 0 Å². The van der Waals surface area contributed by atoms with Gasteiger partial charge in [0.25, 0.3) is 11.8 Å². The van der Waals surface area contributed by atoms with E-state index in [0.717, 1.165) is 10.9 Å². The number of anilines is 1. The van der Waals surface area contributed by atoms with Crippen molar-refractivity contribution >= 4 is 45.0 Å². The average Bonchev–Trinajstić information content (AvgIpc) is 2.61. The predicted molar refractivity (Wildman–Crippen MR) is 107 cm³/mol. The molecule has 0 aliphatic heterocycles. The fourth-order valence-corrected chi connectivity index (χ4v) is 2.81. The Bertz CT molecular complexity index is 798. The zero-order valence-corrected chi connectivity index (χ0v) is 16.9. The molecule has 138 valence electrons. The van der Waals surface area contributed by atoms with Gasteiger partial charge in [0, 0.05) is 21.8 Å². The molecule has 2 amide bonds. The monoisotopic (exact) mass is 438 g/mol. The molecule has 1 unspecified atom stereocenters. The Hall–Kier alpha value is -2.05. The third-order valence-electron chi connectivity index (χ3n) is 3.65. The molecule has 0 saturated carbocycles. The van der Waals surface area contributed by atoms with E-state index in [-0.39, 0.29) is 24.5 Å². The number of rotatable bonds is 7. The van der Waals surface area contributed by atoms with Gasteiger partial charge in [0.05, 0.1) is 5.02 Å². The normalized spacial score (nSPS) is 11.5. The molecule has 0 aliphatic rings. The van der Waals surface area contributed by atoms with Gasteiger partial charge in [0.1, 0.15) is 5.75 Å². The maximum Gasteiger partial charge on any atom is 0.262 e. The molecular formula is C19H20BrClN2O3. The van der Waals surface area contributed by atoms with Crippen LogP contribution in [0.2, 0.25) is 5.02 Å². The summed E-state index contributed by atoms with van der Waals surface area (Å²) >= 11 is 9.36. The fourth-order valence-electron chi connectivity index (χ4n) is 2.08. The zero-order chi connectivity index (χ0) is 19.1. The van der Waals surface area contributed by atoms with Gasteiger partial charge in [-0.25, -0.2) is 0 Å². The van der Waals surface area contributed by atoms with Crippen LogP contribution in [0.1, 0.15) is 30.6 Å². The molecule has 0 fully saturated rings. The summed E-state index contributed by atoms with van der Waals surface area (Å²) in [6.45, 7) is 3.75. The number of ether oxygens (including phenoxy) is 1. The number of carbonyl (C=O) groups is 2. The maximum absolute atomic E-state index is 12.2. The molecule has 0 radical (unpaired) electrons. The Morgan fingerprint density at radius 1 is 1.23 bits per heavy atom. The van der Waals surface area contributed by atoms with Crippen LogP contribution in [-0.2, 0) is 4.79 Å². The highest BCUT2D eigenvalue weighted by molar-refractivity contribution is 9.10. The van der Waals surface area contributed by atoms with E-state index in [4.69, 9.17) is 16.3 Å². The van der Waals surface area contributed by atoms with Gasteiger partial charge in [0.15, 0.2) is 6.61 Å². The number of hydrogen-bond acceptors (Lipinski definition) is 3. The molecule has 2 N–H and O–H groups in total. The lowest BCUT2D eigenvalue weighted by Crippen LogP contribution is -2.32. The first-order valence-electron chi connectivity index (χ1n) is 8.17. The summed E-state index contributed by atoms with van der Waals surface area (Å²) in [5.41, 5.74) is 1.01. The number of hydrogen-bond donors (Lipinski definition) is 2.